The Hall–Kier alpha value is -4.14. The van der Waals surface area contributed by atoms with Crippen LogP contribution in [0.25, 0.3) is 22.4 Å². The fraction of sp³-hybridized carbons (Fsp3) is 0.414. The number of amides is 1. The first-order valence-electron chi connectivity index (χ1n) is 14.4. The normalized spacial score (nSPS) is 14.7. The summed E-state index contributed by atoms with van der Waals surface area (Å²) in [5, 5.41) is 4.58. The highest BCUT2D eigenvalue weighted by Gasteiger charge is 2.30. The minimum atomic E-state index is -3.89. The number of aryl methyl sites for hydroxylation is 1. The maximum atomic E-state index is 13.7. The summed E-state index contributed by atoms with van der Waals surface area (Å²) in [7, 11) is -3.89. The third-order valence-corrected chi connectivity index (χ3v) is 9.14. The van der Waals surface area contributed by atoms with Crippen molar-refractivity contribution in [2.45, 2.75) is 44.6 Å². The zero-order valence-corrected chi connectivity index (χ0v) is 25.1. The standard InChI is InChI=1S/C29H36N8O5S/c1-3-7-23-26-27(34-37(23)18-20-8-5-6-11-31-20)29(39)33-28(32-26)22-17-21(9-10-24(22)42-16-4-2)43(40,41)36-14-12-35(13-15-36)19-25(30)38/h5-6,8-11,17H,3-4,7,12-16,18-19H2,1-2H3,(H2,30,38)(H,32,33,39). The number of primary amides is 1. The Morgan fingerprint density at radius 1 is 1.07 bits per heavy atom. The van der Waals surface area contributed by atoms with Crippen molar-refractivity contribution < 1.29 is 17.9 Å². The summed E-state index contributed by atoms with van der Waals surface area (Å²) in [6.45, 7) is 6.09. The number of piperazine rings is 1. The predicted octanol–water partition coefficient (Wildman–Crippen LogP) is 1.76. The van der Waals surface area contributed by atoms with Crippen LogP contribution in [0.5, 0.6) is 5.75 Å². The van der Waals surface area contributed by atoms with Crippen LogP contribution in [0.15, 0.2) is 52.3 Å². The number of pyridine rings is 1. The number of aromatic nitrogens is 5. The third kappa shape index (κ3) is 6.60. The summed E-state index contributed by atoms with van der Waals surface area (Å²) in [5.41, 5.74) is 7.48. The largest absolute Gasteiger partial charge is 0.493 e. The molecule has 228 valence electrons. The Labute approximate surface area is 249 Å². The molecule has 0 spiro atoms. The molecule has 1 aromatic carbocycles. The molecular formula is C29H36N8O5S. The number of H-pyrrole nitrogens is 1. The summed E-state index contributed by atoms with van der Waals surface area (Å²) in [4.78, 5) is 38.6. The molecule has 3 aromatic heterocycles. The van der Waals surface area contributed by atoms with Crippen molar-refractivity contribution in [3.8, 4) is 17.1 Å². The molecule has 1 aliphatic rings. The lowest BCUT2D eigenvalue weighted by molar-refractivity contribution is -0.119. The Kier molecular flexibility index (Phi) is 9.18. The molecular weight excluding hydrogens is 572 g/mol. The molecule has 0 aliphatic carbocycles. The van der Waals surface area contributed by atoms with Gasteiger partial charge in [0.15, 0.2) is 5.52 Å². The monoisotopic (exact) mass is 608 g/mol. The van der Waals surface area contributed by atoms with Gasteiger partial charge in [0.25, 0.3) is 5.56 Å². The molecule has 1 saturated heterocycles. The first kappa shape index (κ1) is 30.3. The highest BCUT2D eigenvalue weighted by molar-refractivity contribution is 7.89. The topological polar surface area (TPSA) is 169 Å². The fourth-order valence-corrected chi connectivity index (χ4v) is 6.59. The fourth-order valence-electron chi connectivity index (χ4n) is 5.14. The minimum absolute atomic E-state index is 0.0528. The Morgan fingerprint density at radius 3 is 2.53 bits per heavy atom. The first-order valence-corrected chi connectivity index (χ1v) is 15.8. The van der Waals surface area contributed by atoms with Crippen LogP contribution in [0.4, 0.5) is 0 Å². The van der Waals surface area contributed by atoms with E-state index in [1.165, 1.54) is 16.4 Å². The number of fused-ring (bicyclic) bond motifs is 1. The van der Waals surface area contributed by atoms with Gasteiger partial charge in [-0.2, -0.15) is 9.40 Å². The smallest absolute Gasteiger partial charge is 0.279 e. The summed E-state index contributed by atoms with van der Waals surface area (Å²) in [5.74, 6) is 0.153. The third-order valence-electron chi connectivity index (χ3n) is 7.24. The van der Waals surface area contributed by atoms with Crippen molar-refractivity contribution >= 4 is 27.0 Å². The second-order valence-corrected chi connectivity index (χ2v) is 12.4. The molecule has 0 saturated carbocycles. The van der Waals surface area contributed by atoms with Crippen LogP contribution in [0.1, 0.15) is 38.1 Å². The molecule has 1 aliphatic heterocycles. The number of aromatic amines is 1. The zero-order chi connectivity index (χ0) is 30.6. The van der Waals surface area contributed by atoms with E-state index in [-0.39, 0.29) is 35.9 Å². The van der Waals surface area contributed by atoms with E-state index < -0.39 is 21.5 Å². The first-order chi connectivity index (χ1) is 20.7. The van der Waals surface area contributed by atoms with Gasteiger partial charge in [-0.3, -0.25) is 24.2 Å². The van der Waals surface area contributed by atoms with Crippen LogP contribution >= 0.6 is 0 Å². The molecule has 13 nitrogen and oxygen atoms in total. The quantitative estimate of drug-likeness (QED) is 0.243. The molecule has 4 aromatic rings. The number of hydrogen-bond acceptors (Lipinski definition) is 9. The number of nitrogens with two attached hydrogens (primary N) is 1. The number of carbonyl (C=O) groups is 1. The molecule has 43 heavy (non-hydrogen) atoms. The van der Waals surface area contributed by atoms with Crippen molar-refractivity contribution in [3.05, 3.63) is 64.3 Å². The van der Waals surface area contributed by atoms with Crippen molar-refractivity contribution in [2.24, 2.45) is 5.73 Å². The number of sulfonamides is 1. The van der Waals surface area contributed by atoms with Crippen molar-refractivity contribution in [3.63, 3.8) is 0 Å². The summed E-state index contributed by atoms with van der Waals surface area (Å²) in [6, 6.07) is 10.2. The van der Waals surface area contributed by atoms with Gasteiger partial charge in [0.2, 0.25) is 15.9 Å². The average molecular weight is 609 g/mol. The van der Waals surface area contributed by atoms with E-state index in [2.05, 4.69) is 15.1 Å². The van der Waals surface area contributed by atoms with Gasteiger partial charge in [0.05, 0.1) is 41.5 Å². The van der Waals surface area contributed by atoms with Gasteiger partial charge >= 0.3 is 0 Å². The highest BCUT2D eigenvalue weighted by Crippen LogP contribution is 2.32. The zero-order valence-electron chi connectivity index (χ0n) is 24.3. The molecule has 0 bridgehead atoms. The van der Waals surface area contributed by atoms with Gasteiger partial charge in [-0.15, -0.1) is 0 Å². The minimum Gasteiger partial charge on any atom is -0.493 e. The Bertz CT molecular complexity index is 1760. The number of ether oxygens (including phenoxy) is 1. The van der Waals surface area contributed by atoms with Crippen LogP contribution in [0.3, 0.4) is 0 Å². The lowest BCUT2D eigenvalue weighted by atomic mass is 10.1. The van der Waals surface area contributed by atoms with Gasteiger partial charge in [-0.1, -0.05) is 26.3 Å². The number of rotatable bonds is 12. The molecule has 0 radical (unpaired) electrons. The number of hydrogen-bond donors (Lipinski definition) is 2. The molecule has 4 heterocycles. The van der Waals surface area contributed by atoms with Crippen molar-refractivity contribution in [2.75, 3.05) is 39.3 Å². The number of benzene rings is 1. The number of nitrogens with one attached hydrogen (secondary N) is 1. The Morgan fingerprint density at radius 2 is 1.86 bits per heavy atom. The maximum Gasteiger partial charge on any atom is 0.279 e. The summed E-state index contributed by atoms with van der Waals surface area (Å²) < 4.78 is 36.5. The van der Waals surface area contributed by atoms with Gasteiger partial charge in [-0.05, 0) is 43.2 Å². The number of nitrogens with zero attached hydrogens (tertiary/aromatic N) is 6. The maximum absolute atomic E-state index is 13.7. The van der Waals surface area contributed by atoms with Gasteiger partial charge in [0, 0.05) is 32.4 Å². The van der Waals surface area contributed by atoms with E-state index >= 15 is 0 Å². The summed E-state index contributed by atoms with van der Waals surface area (Å²) in [6.07, 6.45) is 3.88. The highest BCUT2D eigenvalue weighted by atomic mass is 32.2. The van der Waals surface area contributed by atoms with E-state index in [1.54, 1.807) is 16.9 Å². The van der Waals surface area contributed by atoms with Crippen molar-refractivity contribution in [1.82, 2.24) is 33.9 Å². The second-order valence-electron chi connectivity index (χ2n) is 10.4. The summed E-state index contributed by atoms with van der Waals surface area (Å²) >= 11 is 0. The van der Waals surface area contributed by atoms with Gasteiger partial charge in [0.1, 0.15) is 17.1 Å². The molecule has 0 unspecified atom stereocenters. The molecule has 1 fully saturated rings. The number of carbonyl (C=O) groups excluding carboxylic acids is 1. The SMILES string of the molecule is CCCOc1ccc(S(=O)(=O)N2CCN(CC(N)=O)CC2)cc1-c1nc2c(CCC)n(Cc3ccccn3)nc2c(=O)[nH]1. The van der Waals surface area contributed by atoms with E-state index in [0.717, 1.165) is 24.2 Å². The second kappa shape index (κ2) is 13.0. The molecule has 1 amide bonds. The lowest BCUT2D eigenvalue weighted by Gasteiger charge is -2.33. The predicted molar refractivity (Wildman–Crippen MR) is 161 cm³/mol. The van der Waals surface area contributed by atoms with Crippen LogP contribution in [-0.4, -0.2) is 87.6 Å². The van der Waals surface area contributed by atoms with Crippen LogP contribution in [0, 0.1) is 0 Å². The van der Waals surface area contributed by atoms with E-state index in [9.17, 15) is 18.0 Å². The van der Waals surface area contributed by atoms with Crippen LogP contribution in [-0.2, 0) is 27.8 Å². The van der Waals surface area contributed by atoms with E-state index in [1.807, 2.05) is 36.9 Å². The molecule has 3 N–H and O–H groups in total. The van der Waals surface area contributed by atoms with Crippen molar-refractivity contribution in [1.29, 1.82) is 0 Å². The van der Waals surface area contributed by atoms with E-state index in [0.29, 0.717) is 49.5 Å². The average Bonchev–Trinajstić information content (AvgIpc) is 3.33. The molecule has 14 heteroatoms. The Balaban J connectivity index is 1.56. The van der Waals surface area contributed by atoms with Gasteiger partial charge < -0.3 is 15.5 Å². The van der Waals surface area contributed by atoms with E-state index in [4.69, 9.17) is 15.5 Å². The molecule has 5 rings (SSSR count). The molecule has 0 atom stereocenters. The van der Waals surface area contributed by atoms with Crippen LogP contribution in [0.2, 0.25) is 0 Å². The lowest BCUT2D eigenvalue weighted by Crippen LogP contribution is -2.50. The van der Waals surface area contributed by atoms with Crippen LogP contribution < -0.4 is 16.0 Å². The van der Waals surface area contributed by atoms with Gasteiger partial charge in [-0.25, -0.2) is 13.4 Å².